The zero-order valence-corrected chi connectivity index (χ0v) is 13.3. The highest BCUT2D eigenvalue weighted by Gasteiger charge is 2.48. The van der Waals surface area contributed by atoms with E-state index in [4.69, 9.17) is 0 Å². The number of carbonyl (C=O) groups excluding carboxylic acids is 2. The van der Waals surface area contributed by atoms with Crippen LogP contribution in [0, 0.1) is 0 Å². The van der Waals surface area contributed by atoms with Crippen molar-refractivity contribution < 1.29 is 52.8 Å². The number of amides is 2. The number of rotatable bonds is 4. The van der Waals surface area contributed by atoms with Crippen molar-refractivity contribution in [2.45, 2.75) is 11.0 Å². The zero-order valence-electron chi connectivity index (χ0n) is 11.7. The fraction of sp³-hybridized carbons (Fsp3) is 0.222. The molecule has 0 spiro atoms. The van der Waals surface area contributed by atoms with Crippen molar-refractivity contribution in [3.8, 4) is 0 Å². The largest absolute Gasteiger partial charge is 0.516 e. The predicted octanol–water partition coefficient (Wildman–Crippen LogP) is 0.240. The summed E-state index contributed by atoms with van der Waals surface area (Å²) in [6, 6.07) is 1.98. The second-order valence-electron chi connectivity index (χ2n) is 4.17. The average Bonchev–Trinajstić information content (AvgIpc) is 2.44. The van der Waals surface area contributed by atoms with Gasteiger partial charge in [0.25, 0.3) is 11.8 Å². The Kier molecular flexibility index (Phi) is 5.57. The molecule has 0 aliphatic carbocycles. The third-order valence-electron chi connectivity index (χ3n) is 2.28. The van der Waals surface area contributed by atoms with E-state index in [9.17, 15) is 52.8 Å². The first-order valence-electron chi connectivity index (χ1n) is 5.72. The lowest BCUT2D eigenvalue weighted by molar-refractivity contribution is -0.0451. The summed E-state index contributed by atoms with van der Waals surface area (Å²) < 4.78 is 117. The monoisotopic (exact) mass is 429 g/mol. The Hall–Kier alpha value is -2.43. The minimum absolute atomic E-state index is 0.567. The number of carbonyl (C=O) groups is 2. The Balaban J connectivity index is 3.09. The van der Waals surface area contributed by atoms with E-state index in [1.165, 1.54) is 0 Å². The van der Waals surface area contributed by atoms with Crippen molar-refractivity contribution >= 4 is 31.9 Å². The number of nitrogens with one attached hydrogen (secondary N) is 2. The van der Waals surface area contributed by atoms with Gasteiger partial charge in [0.2, 0.25) is 0 Å². The van der Waals surface area contributed by atoms with Crippen molar-refractivity contribution in [2.24, 2.45) is 0 Å². The Morgan fingerprint density at radius 2 is 1.08 bits per heavy atom. The summed E-state index contributed by atoms with van der Waals surface area (Å²) in [6.45, 7) is 0. The van der Waals surface area contributed by atoms with Crippen LogP contribution in [0.4, 0.5) is 26.3 Å². The van der Waals surface area contributed by atoms with Gasteiger partial charge in [-0.2, -0.15) is 43.2 Å². The lowest BCUT2D eigenvalue weighted by atomic mass is 10.3. The Labute approximate surface area is 140 Å². The van der Waals surface area contributed by atoms with Gasteiger partial charge in [0.15, 0.2) is 0 Å². The first-order chi connectivity index (χ1) is 11.5. The van der Waals surface area contributed by atoms with Gasteiger partial charge in [-0.05, 0) is 12.1 Å². The molecule has 1 aromatic rings. The first-order valence-corrected chi connectivity index (χ1v) is 8.68. The molecule has 0 aliphatic rings. The van der Waals surface area contributed by atoms with Crippen LogP contribution in [0.3, 0.4) is 0 Å². The van der Waals surface area contributed by atoms with Gasteiger partial charge in [0, 0.05) is 0 Å². The lowest BCUT2D eigenvalue weighted by Gasteiger charge is -2.10. The van der Waals surface area contributed by atoms with Gasteiger partial charge in [0.1, 0.15) is 11.4 Å². The maximum atomic E-state index is 12.2. The number of nitrogens with zero attached hydrogens (tertiary/aromatic N) is 1. The van der Waals surface area contributed by atoms with Crippen LogP contribution in [0.1, 0.15) is 21.0 Å². The molecule has 0 fully saturated rings. The fourth-order valence-electron chi connectivity index (χ4n) is 1.15. The molecule has 0 saturated carbocycles. The van der Waals surface area contributed by atoms with E-state index in [-0.39, 0.29) is 0 Å². The number of halogens is 6. The highest BCUT2D eigenvalue weighted by atomic mass is 32.2. The van der Waals surface area contributed by atoms with Crippen molar-refractivity contribution in [3.63, 3.8) is 0 Å². The molecule has 0 aromatic carbocycles. The van der Waals surface area contributed by atoms with E-state index in [0.29, 0.717) is 21.6 Å². The highest BCUT2D eigenvalue weighted by Crippen LogP contribution is 2.22. The Bertz CT molecular complexity index is 864. The van der Waals surface area contributed by atoms with Gasteiger partial charge in [-0.25, -0.2) is 14.4 Å². The van der Waals surface area contributed by atoms with E-state index in [2.05, 4.69) is 4.98 Å². The van der Waals surface area contributed by atoms with Gasteiger partial charge in [0.05, 0.1) is 0 Å². The van der Waals surface area contributed by atoms with Gasteiger partial charge in [-0.15, -0.1) is 0 Å². The molecule has 1 aromatic heterocycles. The standard InChI is InChI=1S/C9H5F6N3O6S2/c10-8(11,12)25(21,22)17-6(19)4-2-1-3-5(16-4)7(20)18-26(23,24)9(13,14)15/h1-3H,(H,17,19)(H,18,20). The molecule has 146 valence electrons. The van der Waals surface area contributed by atoms with Crippen LogP contribution >= 0.6 is 0 Å². The smallest absolute Gasteiger partial charge is 0.266 e. The summed E-state index contributed by atoms with van der Waals surface area (Å²) in [7, 11) is -12.2. The topological polar surface area (TPSA) is 139 Å². The van der Waals surface area contributed by atoms with Crippen LogP contribution in [0.5, 0.6) is 0 Å². The second-order valence-corrected chi connectivity index (χ2v) is 7.52. The molecule has 0 saturated heterocycles. The lowest BCUT2D eigenvalue weighted by Crippen LogP contribution is -2.41. The number of hydrogen-bond donors (Lipinski definition) is 2. The summed E-state index contributed by atoms with van der Waals surface area (Å²) >= 11 is 0. The third kappa shape index (κ3) is 4.81. The molecule has 0 radical (unpaired) electrons. The Morgan fingerprint density at radius 1 is 0.769 bits per heavy atom. The van der Waals surface area contributed by atoms with E-state index >= 15 is 0 Å². The highest BCUT2D eigenvalue weighted by molar-refractivity contribution is 7.91. The molecule has 0 unspecified atom stereocenters. The molecule has 0 bridgehead atoms. The number of hydrogen-bond acceptors (Lipinski definition) is 7. The van der Waals surface area contributed by atoms with Crippen LogP contribution in [-0.4, -0.2) is 44.7 Å². The van der Waals surface area contributed by atoms with Crippen molar-refractivity contribution in [3.05, 3.63) is 29.6 Å². The first kappa shape index (κ1) is 21.6. The summed E-state index contributed by atoms with van der Waals surface area (Å²) in [6.07, 6.45) is 0. The molecular weight excluding hydrogens is 424 g/mol. The number of sulfonamides is 2. The zero-order chi connectivity index (χ0) is 20.6. The Morgan fingerprint density at radius 3 is 1.35 bits per heavy atom. The predicted molar refractivity (Wildman–Crippen MR) is 69.1 cm³/mol. The van der Waals surface area contributed by atoms with Gasteiger partial charge >= 0.3 is 31.1 Å². The maximum Gasteiger partial charge on any atom is 0.516 e. The summed E-state index contributed by atoms with van der Waals surface area (Å²) in [5.41, 5.74) is -13.9. The SMILES string of the molecule is O=C(NS(=O)(=O)C(F)(F)F)c1cccc(C(=O)NS(=O)(=O)C(F)(F)F)n1. The van der Waals surface area contributed by atoms with Crippen LogP contribution < -0.4 is 9.44 Å². The van der Waals surface area contributed by atoms with E-state index < -0.39 is 54.3 Å². The van der Waals surface area contributed by atoms with E-state index in [1.54, 1.807) is 0 Å². The third-order valence-corrected chi connectivity index (χ3v) is 4.41. The van der Waals surface area contributed by atoms with E-state index in [0.717, 1.165) is 6.07 Å². The molecule has 9 nitrogen and oxygen atoms in total. The van der Waals surface area contributed by atoms with Gasteiger partial charge in [-0.1, -0.05) is 6.07 Å². The second kappa shape index (κ2) is 6.71. The van der Waals surface area contributed by atoms with Gasteiger partial charge < -0.3 is 0 Å². The van der Waals surface area contributed by atoms with Gasteiger partial charge in [-0.3, -0.25) is 9.59 Å². The minimum Gasteiger partial charge on any atom is -0.266 e. The molecule has 26 heavy (non-hydrogen) atoms. The number of pyridine rings is 1. The maximum absolute atomic E-state index is 12.2. The quantitative estimate of drug-likeness (QED) is 0.654. The average molecular weight is 429 g/mol. The summed E-state index contributed by atoms with van der Waals surface area (Å²) in [5.74, 6) is -3.92. The van der Waals surface area contributed by atoms with Crippen LogP contribution in [0.2, 0.25) is 0 Å². The normalized spacial score (nSPS) is 13.2. The fourth-order valence-corrected chi connectivity index (χ4v) is 2.08. The summed E-state index contributed by atoms with van der Waals surface area (Å²) in [4.78, 5) is 25.9. The molecule has 2 amide bonds. The van der Waals surface area contributed by atoms with Crippen LogP contribution in [0.15, 0.2) is 18.2 Å². The van der Waals surface area contributed by atoms with Crippen LogP contribution in [0.25, 0.3) is 0 Å². The van der Waals surface area contributed by atoms with Crippen molar-refractivity contribution in [1.82, 2.24) is 14.4 Å². The van der Waals surface area contributed by atoms with E-state index in [1.807, 2.05) is 0 Å². The summed E-state index contributed by atoms with van der Waals surface area (Å²) in [5, 5.41) is 0. The molecule has 2 N–H and O–H groups in total. The van der Waals surface area contributed by atoms with Crippen LogP contribution in [-0.2, 0) is 20.0 Å². The molecule has 0 aliphatic heterocycles. The number of alkyl halides is 6. The molecule has 0 atom stereocenters. The van der Waals surface area contributed by atoms with Crippen molar-refractivity contribution in [1.29, 1.82) is 0 Å². The minimum atomic E-state index is -6.11. The molecular formula is C9H5F6N3O6S2. The molecule has 1 rings (SSSR count). The molecule has 1 heterocycles. The number of aromatic nitrogens is 1. The molecule has 17 heteroatoms. The van der Waals surface area contributed by atoms with Crippen molar-refractivity contribution in [2.75, 3.05) is 0 Å².